The number of halogens is 1. The van der Waals surface area contributed by atoms with Crippen LogP contribution in [0.5, 0.6) is 0 Å². The fourth-order valence-corrected chi connectivity index (χ4v) is 2.34. The van der Waals surface area contributed by atoms with Crippen molar-refractivity contribution in [1.82, 2.24) is 5.32 Å². The molecule has 5 nitrogen and oxygen atoms in total. The normalized spacial score (nSPS) is 10.3. The van der Waals surface area contributed by atoms with Gasteiger partial charge in [-0.2, -0.15) is 0 Å². The molecule has 0 bridgehead atoms. The van der Waals surface area contributed by atoms with Gasteiger partial charge in [0.2, 0.25) is 0 Å². The predicted octanol–water partition coefficient (Wildman–Crippen LogP) is 2.49. The third-order valence-electron chi connectivity index (χ3n) is 3.31. The Hall–Kier alpha value is -3.02. The van der Waals surface area contributed by atoms with Gasteiger partial charge < -0.3 is 10.4 Å². The SMILES string of the molecule is Cc1cc(F)cc(C(=O)c2cc(C)cc(C(=O)NCC(=O)O)c2)c1. The van der Waals surface area contributed by atoms with Gasteiger partial charge in [-0.15, -0.1) is 0 Å². The van der Waals surface area contributed by atoms with Crippen molar-refractivity contribution in [2.24, 2.45) is 0 Å². The minimum atomic E-state index is -1.16. The Morgan fingerprint density at radius 2 is 1.46 bits per heavy atom. The Morgan fingerprint density at radius 3 is 2.04 bits per heavy atom. The van der Waals surface area contributed by atoms with Gasteiger partial charge in [0.15, 0.2) is 5.78 Å². The Morgan fingerprint density at radius 1 is 0.917 bits per heavy atom. The average Bonchev–Trinajstić information content (AvgIpc) is 2.50. The summed E-state index contributed by atoms with van der Waals surface area (Å²) in [5.41, 5.74) is 1.88. The van der Waals surface area contributed by atoms with E-state index in [4.69, 9.17) is 5.11 Å². The maximum atomic E-state index is 13.5. The number of hydrogen-bond donors (Lipinski definition) is 2. The summed E-state index contributed by atoms with van der Waals surface area (Å²) < 4.78 is 13.5. The van der Waals surface area contributed by atoms with Crippen LogP contribution in [0.1, 0.15) is 37.4 Å². The Labute approximate surface area is 138 Å². The van der Waals surface area contributed by atoms with Crippen molar-refractivity contribution in [2.45, 2.75) is 13.8 Å². The first kappa shape index (κ1) is 17.3. The quantitative estimate of drug-likeness (QED) is 0.826. The molecular weight excluding hydrogens is 313 g/mol. The van der Waals surface area contributed by atoms with Crippen molar-refractivity contribution in [3.05, 3.63) is 70.0 Å². The highest BCUT2D eigenvalue weighted by Crippen LogP contribution is 2.17. The number of nitrogens with one attached hydrogen (secondary N) is 1. The van der Waals surface area contributed by atoms with Crippen molar-refractivity contribution >= 4 is 17.7 Å². The number of carboxylic acid groups (broad SMARTS) is 1. The standard InChI is InChI=1S/C18H16FNO4/c1-10-3-12(7-14(5-10)18(24)20-9-16(21)22)17(23)13-4-11(2)6-15(19)8-13/h3-8H,9H2,1-2H3,(H,20,24)(H,21,22). The van der Waals surface area contributed by atoms with Crippen LogP contribution in [-0.4, -0.2) is 29.3 Å². The van der Waals surface area contributed by atoms with Crippen LogP contribution in [0.2, 0.25) is 0 Å². The van der Waals surface area contributed by atoms with Gasteiger partial charge in [-0.25, -0.2) is 4.39 Å². The van der Waals surface area contributed by atoms with E-state index in [0.29, 0.717) is 11.1 Å². The van der Waals surface area contributed by atoms with Crippen molar-refractivity contribution in [3.8, 4) is 0 Å². The van der Waals surface area contributed by atoms with E-state index >= 15 is 0 Å². The van der Waals surface area contributed by atoms with E-state index in [2.05, 4.69) is 5.32 Å². The highest BCUT2D eigenvalue weighted by Gasteiger charge is 2.15. The van der Waals surface area contributed by atoms with E-state index in [-0.39, 0.29) is 16.7 Å². The van der Waals surface area contributed by atoms with E-state index in [1.165, 1.54) is 12.1 Å². The zero-order chi connectivity index (χ0) is 17.9. The fraction of sp³-hybridized carbons (Fsp3) is 0.167. The Bertz CT molecular complexity index is 810. The molecule has 1 amide bonds. The van der Waals surface area contributed by atoms with Crippen molar-refractivity contribution in [2.75, 3.05) is 6.54 Å². The van der Waals surface area contributed by atoms with Crippen LogP contribution in [-0.2, 0) is 4.79 Å². The molecule has 124 valence electrons. The summed E-state index contributed by atoms with van der Waals surface area (Å²) in [6.07, 6.45) is 0. The molecule has 0 aliphatic rings. The number of benzene rings is 2. The van der Waals surface area contributed by atoms with E-state index < -0.39 is 30.0 Å². The van der Waals surface area contributed by atoms with E-state index in [1.54, 1.807) is 32.0 Å². The summed E-state index contributed by atoms with van der Waals surface area (Å²) in [6, 6.07) is 8.53. The lowest BCUT2D eigenvalue weighted by atomic mass is 9.97. The Balaban J connectivity index is 2.35. The first-order valence-corrected chi connectivity index (χ1v) is 7.20. The molecule has 0 saturated heterocycles. The van der Waals surface area contributed by atoms with E-state index in [0.717, 1.165) is 6.07 Å². The van der Waals surface area contributed by atoms with Crippen LogP contribution in [0.15, 0.2) is 36.4 Å². The monoisotopic (exact) mass is 329 g/mol. The number of aryl methyl sites for hydroxylation is 2. The number of carbonyl (C=O) groups excluding carboxylic acids is 2. The summed E-state index contributed by atoms with van der Waals surface area (Å²) in [7, 11) is 0. The molecule has 0 heterocycles. The lowest BCUT2D eigenvalue weighted by Gasteiger charge is -2.08. The molecule has 0 spiro atoms. The molecule has 24 heavy (non-hydrogen) atoms. The third-order valence-corrected chi connectivity index (χ3v) is 3.31. The maximum absolute atomic E-state index is 13.5. The van der Waals surface area contributed by atoms with Crippen LogP contribution < -0.4 is 5.32 Å². The average molecular weight is 329 g/mol. The molecule has 6 heteroatoms. The summed E-state index contributed by atoms with van der Waals surface area (Å²) in [5, 5.41) is 10.8. The third kappa shape index (κ3) is 4.25. The van der Waals surface area contributed by atoms with Crippen LogP contribution in [0.3, 0.4) is 0 Å². The molecule has 0 unspecified atom stereocenters. The van der Waals surface area contributed by atoms with Crippen LogP contribution in [0.4, 0.5) is 4.39 Å². The molecule has 0 fully saturated rings. The topological polar surface area (TPSA) is 83.5 Å². The number of rotatable bonds is 5. The van der Waals surface area contributed by atoms with Gasteiger partial charge in [-0.1, -0.05) is 0 Å². The van der Waals surface area contributed by atoms with Crippen molar-refractivity contribution in [3.63, 3.8) is 0 Å². The molecule has 2 aromatic rings. The first-order chi connectivity index (χ1) is 11.3. The van der Waals surface area contributed by atoms with Gasteiger partial charge in [-0.3, -0.25) is 14.4 Å². The van der Waals surface area contributed by atoms with Gasteiger partial charge in [-0.05, 0) is 61.4 Å². The minimum absolute atomic E-state index is 0.174. The maximum Gasteiger partial charge on any atom is 0.322 e. The second-order valence-corrected chi connectivity index (χ2v) is 5.51. The molecule has 0 aromatic heterocycles. The lowest BCUT2D eigenvalue weighted by molar-refractivity contribution is -0.135. The van der Waals surface area contributed by atoms with Crippen molar-refractivity contribution in [1.29, 1.82) is 0 Å². The molecule has 0 atom stereocenters. The first-order valence-electron chi connectivity index (χ1n) is 7.20. The largest absolute Gasteiger partial charge is 0.480 e. The van der Waals surface area contributed by atoms with Crippen LogP contribution in [0, 0.1) is 19.7 Å². The molecule has 2 aromatic carbocycles. The van der Waals surface area contributed by atoms with Crippen LogP contribution in [0.25, 0.3) is 0 Å². The van der Waals surface area contributed by atoms with Gasteiger partial charge in [0.1, 0.15) is 12.4 Å². The summed E-state index contributed by atoms with van der Waals surface area (Å²) >= 11 is 0. The molecule has 2 N–H and O–H groups in total. The number of aliphatic carboxylic acids is 1. The second-order valence-electron chi connectivity index (χ2n) is 5.51. The fourth-order valence-electron chi connectivity index (χ4n) is 2.34. The summed E-state index contributed by atoms with van der Waals surface area (Å²) in [6.45, 7) is 2.88. The Kier molecular flexibility index (Phi) is 5.08. The van der Waals surface area contributed by atoms with Gasteiger partial charge >= 0.3 is 5.97 Å². The zero-order valence-corrected chi connectivity index (χ0v) is 13.2. The predicted molar refractivity (Wildman–Crippen MR) is 85.7 cm³/mol. The number of carbonyl (C=O) groups is 3. The minimum Gasteiger partial charge on any atom is -0.480 e. The summed E-state index contributed by atoms with van der Waals surface area (Å²) in [5.74, 6) is -2.67. The smallest absolute Gasteiger partial charge is 0.322 e. The highest BCUT2D eigenvalue weighted by atomic mass is 19.1. The molecule has 0 aliphatic carbocycles. The number of ketones is 1. The number of amides is 1. The van der Waals surface area contributed by atoms with Crippen LogP contribution >= 0.6 is 0 Å². The van der Waals surface area contributed by atoms with Gasteiger partial charge in [0, 0.05) is 16.7 Å². The zero-order valence-electron chi connectivity index (χ0n) is 13.2. The summed E-state index contributed by atoms with van der Waals surface area (Å²) in [4.78, 5) is 35.0. The molecule has 2 rings (SSSR count). The van der Waals surface area contributed by atoms with E-state index in [1.807, 2.05) is 0 Å². The van der Waals surface area contributed by atoms with Crippen molar-refractivity contribution < 1.29 is 23.9 Å². The number of hydrogen-bond acceptors (Lipinski definition) is 3. The number of carboxylic acids is 1. The van der Waals surface area contributed by atoms with E-state index in [9.17, 15) is 18.8 Å². The van der Waals surface area contributed by atoms with Gasteiger partial charge in [0.05, 0.1) is 0 Å². The molecule has 0 saturated carbocycles. The second kappa shape index (κ2) is 7.04. The lowest BCUT2D eigenvalue weighted by Crippen LogP contribution is -2.29. The molecule has 0 aliphatic heterocycles. The highest BCUT2D eigenvalue weighted by molar-refractivity contribution is 6.10. The molecular formula is C18H16FNO4. The van der Waals surface area contributed by atoms with Gasteiger partial charge in [0.25, 0.3) is 5.91 Å². The molecule has 0 radical (unpaired) electrons.